The van der Waals surface area contributed by atoms with Gasteiger partial charge in [0, 0.05) is 18.8 Å². The summed E-state index contributed by atoms with van der Waals surface area (Å²) in [5, 5.41) is 0. The van der Waals surface area contributed by atoms with Crippen LogP contribution in [-0.4, -0.2) is 42.0 Å². The maximum atomic E-state index is 12.2. The highest BCUT2D eigenvalue weighted by atomic mass is 35.5. The van der Waals surface area contributed by atoms with Crippen LogP contribution in [0, 0.1) is 0 Å². The molecule has 2 atom stereocenters. The van der Waals surface area contributed by atoms with Gasteiger partial charge < -0.3 is 9.64 Å². The predicted octanol–water partition coefficient (Wildman–Crippen LogP) is 2.57. The summed E-state index contributed by atoms with van der Waals surface area (Å²) in [6.07, 6.45) is 7.51. The molecule has 17 heavy (non-hydrogen) atoms. The monoisotopic (exact) mass is 259 g/mol. The number of rotatable bonds is 4. The largest absolute Gasteiger partial charge is 0.374 e. The Labute approximate surface area is 108 Å². The van der Waals surface area contributed by atoms with Gasteiger partial charge in [-0.2, -0.15) is 0 Å². The molecule has 0 aromatic heterocycles. The second kappa shape index (κ2) is 6.60. The first-order chi connectivity index (χ1) is 8.33. The second-order valence-electron chi connectivity index (χ2n) is 4.99. The number of hydrogen-bond donors (Lipinski definition) is 0. The molecule has 4 heteroatoms. The van der Waals surface area contributed by atoms with Crippen LogP contribution >= 0.6 is 11.6 Å². The normalized spacial score (nSPS) is 28.9. The van der Waals surface area contributed by atoms with Crippen molar-refractivity contribution in [3.05, 3.63) is 0 Å². The van der Waals surface area contributed by atoms with Crippen molar-refractivity contribution in [2.24, 2.45) is 0 Å². The molecule has 0 aromatic carbocycles. The van der Waals surface area contributed by atoms with Gasteiger partial charge in [-0.05, 0) is 25.7 Å². The van der Waals surface area contributed by atoms with Gasteiger partial charge in [-0.3, -0.25) is 4.79 Å². The third kappa shape index (κ3) is 3.35. The van der Waals surface area contributed by atoms with E-state index in [9.17, 15) is 4.79 Å². The molecule has 2 rings (SSSR count). The van der Waals surface area contributed by atoms with E-state index in [-0.39, 0.29) is 0 Å². The molecule has 1 saturated heterocycles. The first kappa shape index (κ1) is 13.2. The summed E-state index contributed by atoms with van der Waals surface area (Å²) in [7, 11) is 0. The highest BCUT2D eigenvalue weighted by Crippen LogP contribution is 2.28. The van der Waals surface area contributed by atoms with Crippen LogP contribution in [0.25, 0.3) is 0 Å². The van der Waals surface area contributed by atoms with Crippen LogP contribution in [0.4, 0.5) is 0 Å². The number of carbonyl (C=O) groups excluding carboxylic acids is 1. The Morgan fingerprint density at radius 2 is 2.12 bits per heavy atom. The molecule has 1 saturated carbocycles. The van der Waals surface area contributed by atoms with Crippen molar-refractivity contribution in [2.45, 2.75) is 57.1 Å². The van der Waals surface area contributed by atoms with Crippen molar-refractivity contribution < 1.29 is 9.53 Å². The molecule has 2 unspecified atom stereocenters. The highest BCUT2D eigenvalue weighted by molar-refractivity contribution is 6.17. The van der Waals surface area contributed by atoms with Crippen molar-refractivity contribution in [3.63, 3.8) is 0 Å². The first-order valence-electron chi connectivity index (χ1n) is 6.80. The van der Waals surface area contributed by atoms with E-state index in [2.05, 4.69) is 4.90 Å². The molecule has 1 aliphatic carbocycles. The van der Waals surface area contributed by atoms with E-state index in [4.69, 9.17) is 16.3 Å². The fraction of sp³-hybridized carbons (Fsp3) is 0.923. The highest BCUT2D eigenvalue weighted by Gasteiger charge is 2.36. The lowest BCUT2D eigenvalue weighted by molar-refractivity contribution is -0.149. The minimum atomic E-state index is 0.300. The molecular formula is C13H22ClNO2. The number of morpholine rings is 1. The van der Waals surface area contributed by atoms with E-state index in [1.165, 1.54) is 12.8 Å². The van der Waals surface area contributed by atoms with Crippen LogP contribution in [0.5, 0.6) is 0 Å². The lowest BCUT2D eigenvalue weighted by Gasteiger charge is -2.43. The van der Waals surface area contributed by atoms with Gasteiger partial charge in [0.15, 0.2) is 0 Å². The zero-order valence-electron chi connectivity index (χ0n) is 10.4. The van der Waals surface area contributed by atoms with E-state index < -0.39 is 0 Å². The minimum Gasteiger partial charge on any atom is -0.374 e. The number of fused-ring (bicyclic) bond motifs is 1. The van der Waals surface area contributed by atoms with Crippen molar-refractivity contribution >= 4 is 17.5 Å². The Hall–Kier alpha value is -0.280. The van der Waals surface area contributed by atoms with Crippen molar-refractivity contribution in [2.75, 3.05) is 19.0 Å². The molecule has 1 amide bonds. The number of amides is 1. The molecule has 3 nitrogen and oxygen atoms in total. The number of nitrogens with zero attached hydrogens (tertiary/aromatic N) is 1. The topological polar surface area (TPSA) is 29.5 Å². The Balaban J connectivity index is 1.87. The quantitative estimate of drug-likeness (QED) is 0.574. The summed E-state index contributed by atoms with van der Waals surface area (Å²) in [6, 6.07) is 0.348. The number of carbonyl (C=O) groups is 1. The predicted molar refractivity (Wildman–Crippen MR) is 68.3 cm³/mol. The van der Waals surface area contributed by atoms with Crippen LogP contribution < -0.4 is 0 Å². The summed E-state index contributed by atoms with van der Waals surface area (Å²) >= 11 is 5.64. The number of unbranched alkanes of at least 4 members (excludes halogenated alkanes) is 1. The van der Waals surface area contributed by atoms with Crippen LogP contribution in [0.15, 0.2) is 0 Å². The minimum absolute atomic E-state index is 0.300. The van der Waals surface area contributed by atoms with Crippen molar-refractivity contribution in [3.8, 4) is 0 Å². The zero-order valence-corrected chi connectivity index (χ0v) is 11.1. The fourth-order valence-electron chi connectivity index (χ4n) is 2.92. The van der Waals surface area contributed by atoms with Crippen LogP contribution in [0.1, 0.15) is 44.9 Å². The molecule has 0 N–H and O–H groups in total. The zero-order chi connectivity index (χ0) is 12.1. The summed E-state index contributed by atoms with van der Waals surface area (Å²) in [5.74, 6) is 0.956. The second-order valence-corrected chi connectivity index (χ2v) is 5.37. The average molecular weight is 260 g/mol. The maximum absolute atomic E-state index is 12.2. The van der Waals surface area contributed by atoms with Crippen molar-refractivity contribution in [1.82, 2.24) is 4.90 Å². The van der Waals surface area contributed by atoms with Gasteiger partial charge in [0.05, 0.1) is 18.8 Å². The molecule has 1 heterocycles. The average Bonchev–Trinajstić information content (AvgIpc) is 2.38. The molecule has 2 fully saturated rings. The molecule has 0 aromatic rings. The van der Waals surface area contributed by atoms with Crippen LogP contribution in [0.2, 0.25) is 0 Å². The van der Waals surface area contributed by atoms with Crippen LogP contribution in [0.3, 0.4) is 0 Å². The van der Waals surface area contributed by atoms with Gasteiger partial charge in [0.1, 0.15) is 0 Å². The summed E-state index contributed by atoms with van der Waals surface area (Å²) < 4.78 is 5.77. The lowest BCUT2D eigenvalue weighted by atomic mass is 9.90. The lowest BCUT2D eigenvalue weighted by Crippen LogP contribution is -2.54. The Bertz CT molecular complexity index is 258. The molecule has 0 bridgehead atoms. The molecular weight excluding hydrogens is 238 g/mol. The molecule has 98 valence electrons. The standard InChI is InChI=1S/C13H22ClNO2/c14-8-4-3-7-13(16)15-9-10-17-12-6-2-1-5-11(12)15/h11-12H,1-10H2. The third-order valence-corrected chi connectivity index (χ3v) is 4.09. The van der Waals surface area contributed by atoms with E-state index in [0.29, 0.717) is 37.0 Å². The summed E-state index contributed by atoms with van der Waals surface area (Å²) in [5.41, 5.74) is 0. The number of hydrogen-bond acceptors (Lipinski definition) is 2. The first-order valence-corrected chi connectivity index (χ1v) is 7.33. The molecule has 2 aliphatic rings. The number of halogens is 1. The van der Waals surface area contributed by atoms with Gasteiger partial charge in [0.2, 0.25) is 5.91 Å². The smallest absolute Gasteiger partial charge is 0.222 e. The molecule has 1 aliphatic heterocycles. The van der Waals surface area contributed by atoms with Crippen LogP contribution in [-0.2, 0) is 9.53 Å². The van der Waals surface area contributed by atoms with E-state index in [1.54, 1.807) is 0 Å². The van der Waals surface area contributed by atoms with Gasteiger partial charge in [-0.25, -0.2) is 0 Å². The van der Waals surface area contributed by atoms with Gasteiger partial charge in [-0.1, -0.05) is 12.8 Å². The van der Waals surface area contributed by atoms with Gasteiger partial charge in [0.25, 0.3) is 0 Å². The SMILES string of the molecule is O=C(CCCCCl)N1CCOC2CCCCC21. The number of ether oxygens (including phenoxy) is 1. The summed E-state index contributed by atoms with van der Waals surface area (Å²) in [4.78, 5) is 14.2. The Morgan fingerprint density at radius 1 is 1.29 bits per heavy atom. The molecule has 0 radical (unpaired) electrons. The fourth-order valence-corrected chi connectivity index (χ4v) is 3.11. The Morgan fingerprint density at radius 3 is 2.94 bits per heavy atom. The van der Waals surface area contributed by atoms with Gasteiger partial charge in [-0.15, -0.1) is 11.6 Å². The van der Waals surface area contributed by atoms with E-state index in [1.807, 2.05) is 0 Å². The number of alkyl halides is 1. The van der Waals surface area contributed by atoms with E-state index in [0.717, 1.165) is 32.2 Å². The molecule has 0 spiro atoms. The van der Waals surface area contributed by atoms with Crippen molar-refractivity contribution in [1.29, 1.82) is 0 Å². The third-order valence-electron chi connectivity index (χ3n) is 3.83. The summed E-state index contributed by atoms with van der Waals surface area (Å²) in [6.45, 7) is 1.49. The van der Waals surface area contributed by atoms with Gasteiger partial charge >= 0.3 is 0 Å². The maximum Gasteiger partial charge on any atom is 0.222 e. The Kier molecular flexibility index (Phi) is 5.11. The van der Waals surface area contributed by atoms with E-state index >= 15 is 0 Å².